The van der Waals surface area contributed by atoms with E-state index in [1.54, 1.807) is 6.92 Å². The molecule has 3 N–H and O–H groups in total. The minimum absolute atomic E-state index is 0. The molecule has 0 saturated carbocycles. The summed E-state index contributed by atoms with van der Waals surface area (Å²) < 4.78 is 0. The summed E-state index contributed by atoms with van der Waals surface area (Å²) in [4.78, 5) is 36.0. The number of hydrogen-bond acceptors (Lipinski definition) is 6. The van der Waals surface area contributed by atoms with Crippen molar-refractivity contribution >= 4 is 29.6 Å². The zero-order chi connectivity index (χ0) is 15.9. The van der Waals surface area contributed by atoms with Gasteiger partial charge in [-0.25, -0.2) is 4.79 Å². The second-order valence-electron chi connectivity index (χ2n) is 5.24. The molecule has 2 aliphatic heterocycles. The van der Waals surface area contributed by atoms with Crippen LogP contribution in [0.5, 0.6) is 0 Å². The quantitative estimate of drug-likeness (QED) is 0.376. The summed E-state index contributed by atoms with van der Waals surface area (Å²) in [6, 6.07) is -1.31. The zero-order valence-corrected chi connectivity index (χ0v) is 15.6. The molecular weight excluding hydrogens is 319 g/mol. The molecule has 0 bridgehead atoms. The minimum Gasteiger partial charge on any atom is -0.548 e. The van der Waals surface area contributed by atoms with Crippen LogP contribution in [0.25, 0.3) is 0 Å². The van der Waals surface area contributed by atoms with Crippen molar-refractivity contribution < 1.29 is 54.2 Å². The predicted molar refractivity (Wildman–Crippen MR) is 73.7 cm³/mol. The number of thioether (sulfide) groups is 1. The van der Waals surface area contributed by atoms with Gasteiger partial charge in [-0.3, -0.25) is 4.79 Å². The Kier molecular flexibility index (Phi) is 6.52. The van der Waals surface area contributed by atoms with Crippen LogP contribution < -0.4 is 40.4 Å². The van der Waals surface area contributed by atoms with E-state index >= 15 is 0 Å². The number of carboxylic acids is 2. The van der Waals surface area contributed by atoms with Crippen LogP contribution in [-0.2, 0) is 14.4 Å². The summed E-state index contributed by atoms with van der Waals surface area (Å²) in [6.07, 6.45) is 1.11. The number of carbonyl (C=O) groups excluding carboxylic acids is 2. The fourth-order valence-electron chi connectivity index (χ4n) is 2.80. The van der Waals surface area contributed by atoms with Crippen molar-refractivity contribution in [2.45, 2.75) is 44.0 Å². The van der Waals surface area contributed by atoms with Crippen LogP contribution in [0.4, 0.5) is 0 Å². The SMILES string of the molecule is CC[C@H]1C(=O)N2C(C(=O)O)=C(SC(C)[C@@H](N)C(=O)[O-])C[C@H]12.[Na+]. The number of amides is 1. The van der Waals surface area contributed by atoms with Crippen molar-refractivity contribution in [3.63, 3.8) is 0 Å². The van der Waals surface area contributed by atoms with Gasteiger partial charge in [-0.2, -0.15) is 0 Å². The molecule has 2 heterocycles. The van der Waals surface area contributed by atoms with E-state index in [0.717, 1.165) is 11.8 Å². The topological polar surface area (TPSA) is 124 Å². The maximum Gasteiger partial charge on any atom is 1.00 e. The third kappa shape index (κ3) is 3.21. The Bertz CT molecular complexity index is 539. The molecule has 0 aromatic carbocycles. The molecule has 1 fully saturated rings. The molecular formula is C13H17N2NaO5S. The molecule has 9 heteroatoms. The molecule has 2 aliphatic rings. The van der Waals surface area contributed by atoms with Crippen molar-refractivity contribution in [1.29, 1.82) is 0 Å². The summed E-state index contributed by atoms with van der Waals surface area (Å²) in [5.41, 5.74) is 5.46. The minimum atomic E-state index is -1.38. The number of aliphatic carboxylic acids is 2. The van der Waals surface area contributed by atoms with Gasteiger partial charge in [0.1, 0.15) is 5.70 Å². The van der Waals surface area contributed by atoms with Gasteiger partial charge in [-0.15, -0.1) is 11.8 Å². The average Bonchev–Trinajstić information content (AvgIpc) is 2.73. The zero-order valence-electron chi connectivity index (χ0n) is 12.7. The van der Waals surface area contributed by atoms with Crippen molar-refractivity contribution in [3.8, 4) is 0 Å². The number of rotatable bonds is 6. The first-order valence-corrected chi connectivity index (χ1v) is 7.60. The monoisotopic (exact) mass is 336 g/mol. The summed E-state index contributed by atoms with van der Waals surface area (Å²) in [5, 5.41) is 19.6. The van der Waals surface area contributed by atoms with Crippen molar-refractivity contribution in [3.05, 3.63) is 10.6 Å². The number of carboxylic acid groups (broad SMARTS) is 2. The molecule has 2 rings (SSSR count). The third-order valence-electron chi connectivity index (χ3n) is 4.00. The van der Waals surface area contributed by atoms with E-state index in [9.17, 15) is 24.6 Å². The third-order valence-corrected chi connectivity index (χ3v) is 5.31. The van der Waals surface area contributed by atoms with Gasteiger partial charge < -0.3 is 25.6 Å². The number of carbonyl (C=O) groups is 3. The van der Waals surface area contributed by atoms with Gasteiger partial charge in [0.2, 0.25) is 5.91 Å². The van der Waals surface area contributed by atoms with E-state index in [1.807, 2.05) is 6.92 Å². The van der Waals surface area contributed by atoms with Crippen LogP contribution in [0.2, 0.25) is 0 Å². The summed E-state index contributed by atoms with van der Waals surface area (Å²) in [7, 11) is 0. The van der Waals surface area contributed by atoms with Gasteiger partial charge in [-0.1, -0.05) is 13.8 Å². The first kappa shape index (κ1) is 19.5. The van der Waals surface area contributed by atoms with E-state index in [2.05, 4.69) is 0 Å². The fraction of sp³-hybridized carbons (Fsp3) is 0.615. The fourth-order valence-corrected chi connectivity index (χ4v) is 4.07. The number of hydrogen-bond donors (Lipinski definition) is 2. The van der Waals surface area contributed by atoms with Crippen LogP contribution >= 0.6 is 11.8 Å². The number of nitrogens with zero attached hydrogens (tertiary/aromatic N) is 1. The number of β-lactam (4-membered cyclic amide) rings is 1. The molecule has 0 radical (unpaired) electrons. The Morgan fingerprint density at radius 3 is 2.59 bits per heavy atom. The molecule has 0 aromatic heterocycles. The summed E-state index contributed by atoms with van der Waals surface area (Å²) >= 11 is 1.10. The van der Waals surface area contributed by atoms with Gasteiger partial charge in [0.25, 0.3) is 0 Å². The summed E-state index contributed by atoms with van der Waals surface area (Å²) in [6.45, 7) is 3.49. The molecule has 116 valence electrons. The molecule has 4 atom stereocenters. The van der Waals surface area contributed by atoms with Gasteiger partial charge in [0.05, 0.1) is 24.0 Å². The molecule has 0 aromatic rings. The predicted octanol–water partition coefficient (Wildman–Crippen LogP) is -3.87. The van der Waals surface area contributed by atoms with Gasteiger partial charge in [0.15, 0.2) is 0 Å². The largest absolute Gasteiger partial charge is 1.00 e. The van der Waals surface area contributed by atoms with E-state index in [1.165, 1.54) is 4.90 Å². The number of fused-ring (bicyclic) bond motifs is 1. The van der Waals surface area contributed by atoms with E-state index < -0.39 is 23.2 Å². The Morgan fingerprint density at radius 1 is 1.55 bits per heavy atom. The molecule has 1 amide bonds. The Morgan fingerprint density at radius 2 is 2.14 bits per heavy atom. The Labute approximate surface area is 154 Å². The molecule has 0 aliphatic carbocycles. The Balaban J connectivity index is 0.00000242. The second-order valence-corrected chi connectivity index (χ2v) is 6.71. The van der Waals surface area contributed by atoms with Crippen LogP contribution in [0.15, 0.2) is 10.6 Å². The van der Waals surface area contributed by atoms with E-state index in [-0.39, 0.29) is 53.1 Å². The molecule has 7 nitrogen and oxygen atoms in total. The number of nitrogens with two attached hydrogens (primary N) is 1. The van der Waals surface area contributed by atoms with Crippen LogP contribution in [0.3, 0.4) is 0 Å². The standard InChI is InChI=1S/C13H18N2O5S.Na/c1-3-6-7-4-8(21-5(2)9(14)12(17)18)10(13(19)20)15(7)11(6)16;/h5-7,9H,3-4,14H2,1-2H3,(H,17,18)(H,19,20);/q;+1/p-1/t5?,6-,7-,9-;/m1./s1. The maximum absolute atomic E-state index is 12.0. The van der Waals surface area contributed by atoms with Crippen molar-refractivity contribution in [2.24, 2.45) is 11.7 Å². The molecule has 22 heavy (non-hydrogen) atoms. The average molecular weight is 336 g/mol. The smallest absolute Gasteiger partial charge is 0.548 e. The first-order chi connectivity index (χ1) is 9.79. The van der Waals surface area contributed by atoms with E-state index in [4.69, 9.17) is 5.73 Å². The molecule has 1 saturated heterocycles. The van der Waals surface area contributed by atoms with Crippen molar-refractivity contribution in [1.82, 2.24) is 4.90 Å². The van der Waals surface area contributed by atoms with Gasteiger partial charge >= 0.3 is 35.5 Å². The Hall–Kier alpha value is -0.540. The summed E-state index contributed by atoms with van der Waals surface area (Å²) in [5.74, 6) is -2.87. The second kappa shape index (κ2) is 7.35. The molecule has 0 spiro atoms. The normalized spacial score (nSPS) is 26.0. The van der Waals surface area contributed by atoms with E-state index in [0.29, 0.717) is 17.7 Å². The van der Waals surface area contributed by atoms with Crippen molar-refractivity contribution in [2.75, 3.05) is 0 Å². The molecule has 1 unspecified atom stereocenters. The van der Waals surface area contributed by atoms with Gasteiger partial charge in [-0.05, 0) is 6.42 Å². The van der Waals surface area contributed by atoms with Crippen LogP contribution in [-0.4, -0.2) is 45.2 Å². The van der Waals surface area contributed by atoms with Crippen LogP contribution in [0, 0.1) is 5.92 Å². The first-order valence-electron chi connectivity index (χ1n) is 6.72. The maximum atomic E-state index is 12.0. The van der Waals surface area contributed by atoms with Crippen LogP contribution in [0.1, 0.15) is 26.7 Å². The van der Waals surface area contributed by atoms with Gasteiger partial charge in [0, 0.05) is 16.6 Å².